The first-order chi connectivity index (χ1) is 8.99. The molecular weight excluding hydrogens is 280 g/mol. The minimum absolute atomic E-state index is 0. The van der Waals surface area contributed by atoms with E-state index in [9.17, 15) is 9.59 Å². The van der Waals surface area contributed by atoms with E-state index in [0.29, 0.717) is 17.7 Å². The topological polar surface area (TPSA) is 81.4 Å². The Morgan fingerprint density at radius 2 is 2.05 bits per heavy atom. The van der Waals surface area contributed by atoms with Gasteiger partial charge in [-0.05, 0) is 31.0 Å². The second-order valence-corrected chi connectivity index (χ2v) is 4.41. The van der Waals surface area contributed by atoms with Crippen LogP contribution in [0.1, 0.15) is 35.7 Å². The summed E-state index contributed by atoms with van der Waals surface area (Å²) in [5, 5.41) is 2.74. The van der Waals surface area contributed by atoms with E-state index in [1.54, 1.807) is 18.2 Å². The molecule has 6 heteroatoms. The number of amides is 1. The van der Waals surface area contributed by atoms with Crippen LogP contribution >= 0.6 is 12.4 Å². The number of ether oxygens (including phenoxy) is 1. The van der Waals surface area contributed by atoms with Crippen LogP contribution < -0.4 is 11.1 Å². The lowest BCUT2D eigenvalue weighted by Crippen LogP contribution is -2.35. The molecule has 0 radical (unpaired) electrons. The van der Waals surface area contributed by atoms with Gasteiger partial charge < -0.3 is 15.8 Å². The summed E-state index contributed by atoms with van der Waals surface area (Å²) in [6.07, 6.45) is 1.47. The lowest BCUT2D eigenvalue weighted by atomic mass is 10.1. The smallest absolute Gasteiger partial charge is 0.337 e. The summed E-state index contributed by atoms with van der Waals surface area (Å²) in [4.78, 5) is 23.3. The molecule has 0 saturated carbocycles. The molecule has 0 fully saturated rings. The third-order valence-corrected chi connectivity index (χ3v) is 2.85. The van der Waals surface area contributed by atoms with Crippen LogP contribution in [0.5, 0.6) is 0 Å². The van der Waals surface area contributed by atoms with Crippen molar-refractivity contribution in [2.24, 2.45) is 5.73 Å². The minimum atomic E-state index is -0.536. The highest BCUT2D eigenvalue weighted by molar-refractivity contribution is 5.97. The summed E-state index contributed by atoms with van der Waals surface area (Å²) in [6, 6.07) is 4.47. The number of carbonyl (C=O) groups excluding carboxylic acids is 2. The molecule has 0 aliphatic rings. The normalized spacial score (nSPS) is 11.2. The highest BCUT2D eigenvalue weighted by atomic mass is 35.5. The predicted octanol–water partition coefficient (Wildman–Crippen LogP) is 2.27. The lowest BCUT2D eigenvalue weighted by molar-refractivity contribution is -0.117. The zero-order valence-electron chi connectivity index (χ0n) is 11.9. The van der Waals surface area contributed by atoms with Gasteiger partial charge in [0.15, 0.2) is 0 Å². The summed E-state index contributed by atoms with van der Waals surface area (Å²) in [7, 11) is 1.32. The van der Waals surface area contributed by atoms with Gasteiger partial charge in [0.2, 0.25) is 5.91 Å². The Morgan fingerprint density at radius 3 is 2.60 bits per heavy atom. The van der Waals surface area contributed by atoms with Gasteiger partial charge in [-0.3, -0.25) is 4.79 Å². The molecule has 0 aromatic heterocycles. The fraction of sp³-hybridized carbons (Fsp3) is 0.429. The van der Waals surface area contributed by atoms with Crippen molar-refractivity contribution in [3.8, 4) is 0 Å². The first-order valence-corrected chi connectivity index (χ1v) is 6.25. The summed E-state index contributed by atoms with van der Waals surface area (Å²) in [6.45, 7) is 3.82. The monoisotopic (exact) mass is 300 g/mol. The van der Waals surface area contributed by atoms with Gasteiger partial charge in [-0.15, -0.1) is 12.4 Å². The van der Waals surface area contributed by atoms with Crippen LogP contribution in [-0.4, -0.2) is 25.0 Å². The van der Waals surface area contributed by atoms with Crippen molar-refractivity contribution in [2.45, 2.75) is 32.7 Å². The maximum absolute atomic E-state index is 11.9. The minimum Gasteiger partial charge on any atom is -0.465 e. The molecule has 112 valence electrons. The van der Waals surface area contributed by atoms with Gasteiger partial charge in [0.05, 0.1) is 18.7 Å². The predicted molar refractivity (Wildman–Crippen MR) is 81.3 cm³/mol. The van der Waals surface area contributed by atoms with E-state index in [0.717, 1.165) is 12.0 Å². The van der Waals surface area contributed by atoms with Crippen LogP contribution in [0.2, 0.25) is 0 Å². The van der Waals surface area contributed by atoms with Gasteiger partial charge in [0.25, 0.3) is 0 Å². The van der Waals surface area contributed by atoms with Crippen LogP contribution in [0.3, 0.4) is 0 Å². The van der Waals surface area contributed by atoms with Crippen LogP contribution in [0, 0.1) is 6.92 Å². The van der Waals surface area contributed by atoms with E-state index >= 15 is 0 Å². The van der Waals surface area contributed by atoms with E-state index in [4.69, 9.17) is 5.73 Å². The standard InChI is InChI=1S/C14H20N2O3.ClH/c1-4-5-11(15)13(17)16-12-8-10(14(18)19-3)7-6-9(12)2;/h6-8,11H,4-5,15H2,1-3H3,(H,16,17);1H. The fourth-order valence-electron chi connectivity index (χ4n) is 1.67. The third-order valence-electron chi connectivity index (χ3n) is 2.85. The van der Waals surface area contributed by atoms with E-state index in [2.05, 4.69) is 10.1 Å². The maximum atomic E-state index is 11.9. The Balaban J connectivity index is 0.00000361. The number of carbonyl (C=O) groups is 2. The number of halogens is 1. The number of hydrogen-bond acceptors (Lipinski definition) is 4. The average molecular weight is 301 g/mol. The van der Waals surface area contributed by atoms with Crippen molar-refractivity contribution >= 4 is 30.0 Å². The molecule has 0 aliphatic carbocycles. The molecule has 1 unspecified atom stereocenters. The molecule has 0 heterocycles. The van der Waals surface area contributed by atoms with E-state index < -0.39 is 12.0 Å². The molecule has 5 nitrogen and oxygen atoms in total. The maximum Gasteiger partial charge on any atom is 0.337 e. The molecule has 1 atom stereocenters. The summed E-state index contributed by atoms with van der Waals surface area (Å²) in [5.74, 6) is -0.680. The van der Waals surface area contributed by atoms with Gasteiger partial charge >= 0.3 is 5.97 Å². The summed E-state index contributed by atoms with van der Waals surface area (Å²) >= 11 is 0. The van der Waals surface area contributed by atoms with Gasteiger partial charge in [-0.1, -0.05) is 19.4 Å². The number of esters is 1. The largest absolute Gasteiger partial charge is 0.465 e. The quantitative estimate of drug-likeness (QED) is 0.817. The summed E-state index contributed by atoms with van der Waals surface area (Å²) in [5.41, 5.74) is 7.59. The molecule has 1 aromatic carbocycles. The molecule has 3 N–H and O–H groups in total. The molecular formula is C14H21ClN2O3. The van der Waals surface area contributed by atoms with Gasteiger partial charge in [0, 0.05) is 5.69 Å². The van der Waals surface area contributed by atoms with Crippen molar-refractivity contribution < 1.29 is 14.3 Å². The Hall–Kier alpha value is -1.59. The van der Waals surface area contributed by atoms with E-state index in [1.807, 2.05) is 13.8 Å². The van der Waals surface area contributed by atoms with Crippen molar-refractivity contribution in [2.75, 3.05) is 12.4 Å². The van der Waals surface area contributed by atoms with Crippen LogP contribution in [0.15, 0.2) is 18.2 Å². The van der Waals surface area contributed by atoms with Crippen LogP contribution in [0.4, 0.5) is 5.69 Å². The molecule has 0 bridgehead atoms. The lowest BCUT2D eigenvalue weighted by Gasteiger charge is -2.13. The number of anilines is 1. The average Bonchev–Trinajstić information content (AvgIpc) is 2.40. The molecule has 0 spiro atoms. The Morgan fingerprint density at radius 1 is 1.40 bits per heavy atom. The number of aryl methyl sites for hydroxylation is 1. The zero-order chi connectivity index (χ0) is 14.4. The molecule has 1 amide bonds. The Labute approximate surface area is 125 Å². The molecule has 0 aliphatic heterocycles. The second-order valence-electron chi connectivity index (χ2n) is 4.41. The highest BCUT2D eigenvalue weighted by Gasteiger charge is 2.14. The number of rotatable bonds is 5. The van der Waals surface area contributed by atoms with Gasteiger partial charge in [-0.25, -0.2) is 4.79 Å². The van der Waals surface area contributed by atoms with E-state index in [-0.39, 0.29) is 18.3 Å². The molecule has 20 heavy (non-hydrogen) atoms. The van der Waals surface area contributed by atoms with E-state index in [1.165, 1.54) is 7.11 Å². The number of methoxy groups -OCH3 is 1. The molecule has 1 aromatic rings. The first-order valence-electron chi connectivity index (χ1n) is 6.25. The van der Waals surface area contributed by atoms with Crippen LogP contribution in [-0.2, 0) is 9.53 Å². The number of hydrogen-bond donors (Lipinski definition) is 2. The zero-order valence-corrected chi connectivity index (χ0v) is 12.8. The van der Waals surface area contributed by atoms with Crippen molar-refractivity contribution in [3.63, 3.8) is 0 Å². The third kappa shape index (κ3) is 4.83. The SMILES string of the molecule is CCCC(N)C(=O)Nc1cc(C(=O)OC)ccc1C.Cl. The first kappa shape index (κ1) is 18.4. The molecule has 0 saturated heterocycles. The van der Waals surface area contributed by atoms with Gasteiger partial charge in [0.1, 0.15) is 0 Å². The number of benzene rings is 1. The second kappa shape index (κ2) is 8.55. The van der Waals surface area contributed by atoms with Gasteiger partial charge in [-0.2, -0.15) is 0 Å². The number of nitrogens with one attached hydrogen (secondary N) is 1. The van der Waals surface area contributed by atoms with Crippen molar-refractivity contribution in [1.29, 1.82) is 0 Å². The molecule has 1 rings (SSSR count). The Kier molecular flexibility index (Phi) is 7.87. The highest BCUT2D eigenvalue weighted by Crippen LogP contribution is 2.18. The fourth-order valence-corrected chi connectivity index (χ4v) is 1.67. The number of nitrogens with two attached hydrogens (primary N) is 1. The van der Waals surface area contributed by atoms with Crippen molar-refractivity contribution in [1.82, 2.24) is 0 Å². The summed E-state index contributed by atoms with van der Waals surface area (Å²) < 4.78 is 4.65. The van der Waals surface area contributed by atoms with Crippen LogP contribution in [0.25, 0.3) is 0 Å². The Bertz CT molecular complexity index is 477. The van der Waals surface area contributed by atoms with Crippen molar-refractivity contribution in [3.05, 3.63) is 29.3 Å².